The van der Waals surface area contributed by atoms with E-state index in [9.17, 15) is 0 Å². The largest absolute Gasteiger partial charge is 0.313 e. The summed E-state index contributed by atoms with van der Waals surface area (Å²) in [6.45, 7) is 7.29. The molecule has 1 saturated heterocycles. The molecule has 1 fully saturated rings. The van der Waals surface area contributed by atoms with Crippen molar-refractivity contribution in [2.24, 2.45) is 0 Å². The number of rotatable bonds is 3. The number of hydrogen-bond acceptors (Lipinski definition) is 2. The molecule has 1 atom stereocenters. The Balaban J connectivity index is 1.73. The van der Waals surface area contributed by atoms with Crippen LogP contribution in [0.1, 0.15) is 45.4 Å². The van der Waals surface area contributed by atoms with Gasteiger partial charge in [0.15, 0.2) is 0 Å². The fourth-order valence-electron chi connectivity index (χ4n) is 2.83. The summed E-state index contributed by atoms with van der Waals surface area (Å²) in [7, 11) is 0. The van der Waals surface area contributed by atoms with E-state index < -0.39 is 0 Å². The lowest BCUT2D eigenvalue weighted by molar-refractivity contribution is 0.274. The average molecular weight is 222 g/mol. The van der Waals surface area contributed by atoms with E-state index in [1.54, 1.807) is 5.57 Å². The fraction of sp³-hybridized carbons (Fsp3) is 0.857. The summed E-state index contributed by atoms with van der Waals surface area (Å²) >= 11 is 0. The number of nitrogens with zero attached hydrogens (tertiary/aromatic N) is 1. The minimum atomic E-state index is 0.669. The molecule has 16 heavy (non-hydrogen) atoms. The zero-order valence-electron chi connectivity index (χ0n) is 10.7. The molecule has 0 aromatic heterocycles. The van der Waals surface area contributed by atoms with Crippen molar-refractivity contribution in [1.82, 2.24) is 10.2 Å². The van der Waals surface area contributed by atoms with Gasteiger partial charge in [-0.2, -0.15) is 0 Å². The Morgan fingerprint density at radius 3 is 3.12 bits per heavy atom. The van der Waals surface area contributed by atoms with Crippen LogP contribution in [0.15, 0.2) is 11.6 Å². The molecular weight excluding hydrogens is 196 g/mol. The lowest BCUT2D eigenvalue weighted by Gasteiger charge is -2.23. The van der Waals surface area contributed by atoms with Crippen LogP contribution in [-0.2, 0) is 0 Å². The first kappa shape index (κ1) is 12.1. The minimum Gasteiger partial charge on any atom is -0.313 e. The fourth-order valence-corrected chi connectivity index (χ4v) is 2.83. The predicted octanol–water partition coefficient (Wildman–Crippen LogP) is 2.56. The van der Waals surface area contributed by atoms with Crippen LogP contribution in [-0.4, -0.2) is 37.1 Å². The standard InChI is InChI=1S/C14H26N2/c1-13-12-16(10-5-9-15-13)11-8-14-6-3-2-4-7-14/h6,13,15H,2-5,7-12H2,1H3. The van der Waals surface area contributed by atoms with E-state index in [1.165, 1.54) is 64.7 Å². The lowest BCUT2D eigenvalue weighted by atomic mass is 9.97. The SMILES string of the molecule is CC1CN(CCC2=CCCCC2)CCCN1. The Kier molecular flexibility index (Phi) is 4.86. The highest BCUT2D eigenvalue weighted by atomic mass is 15.2. The second kappa shape index (κ2) is 6.41. The van der Waals surface area contributed by atoms with Gasteiger partial charge in [-0.3, -0.25) is 0 Å². The predicted molar refractivity (Wildman–Crippen MR) is 69.7 cm³/mol. The van der Waals surface area contributed by atoms with Gasteiger partial charge >= 0.3 is 0 Å². The van der Waals surface area contributed by atoms with Gasteiger partial charge < -0.3 is 10.2 Å². The van der Waals surface area contributed by atoms with Gasteiger partial charge in [0.1, 0.15) is 0 Å². The first-order chi connectivity index (χ1) is 7.84. The Bertz CT molecular complexity index is 235. The highest BCUT2D eigenvalue weighted by Crippen LogP contribution is 2.20. The summed E-state index contributed by atoms with van der Waals surface area (Å²) in [4.78, 5) is 2.64. The second-order valence-electron chi connectivity index (χ2n) is 5.37. The van der Waals surface area contributed by atoms with Crippen molar-refractivity contribution >= 4 is 0 Å². The van der Waals surface area contributed by atoms with Gasteiger partial charge in [0.25, 0.3) is 0 Å². The van der Waals surface area contributed by atoms with Crippen molar-refractivity contribution in [3.63, 3.8) is 0 Å². The van der Waals surface area contributed by atoms with Gasteiger partial charge in [0.2, 0.25) is 0 Å². The van der Waals surface area contributed by atoms with Gasteiger partial charge in [0.05, 0.1) is 0 Å². The highest BCUT2D eigenvalue weighted by molar-refractivity contribution is 5.05. The molecule has 2 aliphatic rings. The van der Waals surface area contributed by atoms with Crippen molar-refractivity contribution in [1.29, 1.82) is 0 Å². The monoisotopic (exact) mass is 222 g/mol. The van der Waals surface area contributed by atoms with E-state index in [4.69, 9.17) is 0 Å². The first-order valence-electron chi connectivity index (χ1n) is 6.98. The third-order valence-electron chi connectivity index (χ3n) is 3.81. The topological polar surface area (TPSA) is 15.3 Å². The molecule has 1 aliphatic carbocycles. The van der Waals surface area contributed by atoms with Crippen LogP contribution in [0.3, 0.4) is 0 Å². The smallest absolute Gasteiger partial charge is 0.0166 e. The Labute approximate surface area is 100 Å². The number of hydrogen-bond donors (Lipinski definition) is 1. The van der Waals surface area contributed by atoms with Gasteiger partial charge in [0, 0.05) is 19.1 Å². The molecule has 2 rings (SSSR count). The van der Waals surface area contributed by atoms with Gasteiger partial charge in [-0.25, -0.2) is 0 Å². The quantitative estimate of drug-likeness (QED) is 0.738. The molecule has 0 bridgehead atoms. The zero-order chi connectivity index (χ0) is 11.2. The van der Waals surface area contributed by atoms with Crippen LogP contribution < -0.4 is 5.32 Å². The van der Waals surface area contributed by atoms with E-state index in [-0.39, 0.29) is 0 Å². The van der Waals surface area contributed by atoms with E-state index in [2.05, 4.69) is 23.2 Å². The molecular formula is C14H26N2. The highest BCUT2D eigenvalue weighted by Gasteiger charge is 2.14. The van der Waals surface area contributed by atoms with E-state index >= 15 is 0 Å². The third kappa shape index (κ3) is 3.91. The molecule has 1 heterocycles. The van der Waals surface area contributed by atoms with Crippen LogP contribution in [0.25, 0.3) is 0 Å². The Hall–Kier alpha value is -0.340. The summed E-state index contributed by atoms with van der Waals surface area (Å²) in [5.41, 5.74) is 1.72. The molecule has 92 valence electrons. The molecule has 0 spiro atoms. The average Bonchev–Trinajstić information content (AvgIpc) is 2.52. The van der Waals surface area contributed by atoms with Crippen molar-refractivity contribution in [3.05, 3.63) is 11.6 Å². The van der Waals surface area contributed by atoms with Crippen molar-refractivity contribution in [2.45, 2.75) is 51.5 Å². The minimum absolute atomic E-state index is 0.669. The van der Waals surface area contributed by atoms with Gasteiger partial charge in [-0.15, -0.1) is 0 Å². The molecule has 0 radical (unpaired) electrons. The molecule has 0 aromatic rings. The normalized spacial score (nSPS) is 28.6. The first-order valence-corrected chi connectivity index (χ1v) is 6.98. The molecule has 1 aliphatic heterocycles. The lowest BCUT2D eigenvalue weighted by Crippen LogP contribution is -2.35. The summed E-state index contributed by atoms with van der Waals surface area (Å²) in [6, 6.07) is 0.669. The van der Waals surface area contributed by atoms with Crippen molar-refractivity contribution in [2.75, 3.05) is 26.2 Å². The van der Waals surface area contributed by atoms with Gasteiger partial charge in [-0.05, 0) is 58.5 Å². The summed E-state index contributed by atoms with van der Waals surface area (Å²) < 4.78 is 0. The molecule has 2 nitrogen and oxygen atoms in total. The molecule has 1 unspecified atom stereocenters. The van der Waals surface area contributed by atoms with E-state index in [0.717, 1.165) is 0 Å². The van der Waals surface area contributed by atoms with E-state index in [0.29, 0.717) is 6.04 Å². The molecule has 2 heteroatoms. The third-order valence-corrected chi connectivity index (χ3v) is 3.81. The maximum Gasteiger partial charge on any atom is 0.0166 e. The Morgan fingerprint density at radius 2 is 2.31 bits per heavy atom. The maximum atomic E-state index is 3.56. The number of nitrogens with one attached hydrogen (secondary N) is 1. The molecule has 0 amide bonds. The van der Waals surface area contributed by atoms with Crippen LogP contribution in [0.4, 0.5) is 0 Å². The molecule has 0 aromatic carbocycles. The van der Waals surface area contributed by atoms with Crippen LogP contribution in [0.5, 0.6) is 0 Å². The van der Waals surface area contributed by atoms with Crippen LogP contribution >= 0.6 is 0 Å². The Morgan fingerprint density at radius 1 is 1.38 bits per heavy atom. The molecule has 1 N–H and O–H groups in total. The van der Waals surface area contributed by atoms with Crippen LogP contribution in [0, 0.1) is 0 Å². The maximum absolute atomic E-state index is 3.56. The zero-order valence-corrected chi connectivity index (χ0v) is 10.7. The molecule has 0 saturated carbocycles. The van der Waals surface area contributed by atoms with Gasteiger partial charge in [-0.1, -0.05) is 11.6 Å². The summed E-state index contributed by atoms with van der Waals surface area (Å²) in [5.74, 6) is 0. The van der Waals surface area contributed by atoms with Crippen LogP contribution in [0.2, 0.25) is 0 Å². The number of allylic oxidation sites excluding steroid dienone is 1. The summed E-state index contributed by atoms with van der Waals surface area (Å²) in [5, 5.41) is 3.56. The second-order valence-corrected chi connectivity index (χ2v) is 5.37. The van der Waals surface area contributed by atoms with E-state index in [1.807, 2.05) is 0 Å². The summed E-state index contributed by atoms with van der Waals surface area (Å²) in [6.07, 6.45) is 10.6. The van der Waals surface area contributed by atoms with Crippen molar-refractivity contribution < 1.29 is 0 Å². The van der Waals surface area contributed by atoms with Crippen molar-refractivity contribution in [3.8, 4) is 0 Å².